The van der Waals surface area contributed by atoms with E-state index >= 15 is 0 Å². The molecule has 0 bridgehead atoms. The first-order valence-electron chi connectivity index (χ1n) is 16.4. The molecule has 0 saturated carbocycles. The molecule has 0 saturated heterocycles. The van der Waals surface area contributed by atoms with Gasteiger partial charge in [-0.1, -0.05) is 78.3 Å². The van der Waals surface area contributed by atoms with Crippen LogP contribution in [0.1, 0.15) is 84.0 Å². The number of aryl methyl sites for hydroxylation is 2. The van der Waals surface area contributed by atoms with Gasteiger partial charge >= 0.3 is 0 Å². The molecule has 44 heavy (non-hydrogen) atoms. The van der Waals surface area contributed by atoms with Crippen molar-refractivity contribution < 1.29 is 9.13 Å². The minimum atomic E-state index is -0.126. The fourth-order valence-electron chi connectivity index (χ4n) is 7.08. The maximum atomic E-state index is 5.02. The van der Waals surface area contributed by atoms with Crippen molar-refractivity contribution in [1.82, 2.24) is 14.8 Å². The molecule has 1 aliphatic rings. The molecule has 5 heteroatoms. The van der Waals surface area contributed by atoms with Gasteiger partial charge in [0.25, 0.3) is 6.33 Å². The summed E-state index contributed by atoms with van der Waals surface area (Å²) in [5.41, 5.74) is 11.0. The van der Waals surface area contributed by atoms with Gasteiger partial charge in [0.15, 0.2) is 24.0 Å². The third-order valence-corrected chi connectivity index (χ3v) is 9.72. The van der Waals surface area contributed by atoms with Crippen molar-refractivity contribution in [1.29, 1.82) is 0 Å². The highest BCUT2D eigenvalue weighted by molar-refractivity contribution is 5.92. The summed E-state index contributed by atoms with van der Waals surface area (Å²) >= 11 is 0. The molecule has 226 valence electrons. The van der Waals surface area contributed by atoms with Gasteiger partial charge < -0.3 is 0 Å². The number of hydrogen-bond donors (Lipinski definition) is 0. The Hall–Kier alpha value is -4.12. The standard InChI is InChI=1S/C39H47N5/c1-8-11-16-28-20-21-31-33(23-28)40-27-44-26-29(39(9-2,10-3)32-18-13-12-17-30(32)37(31)44)25-43-22-15-14-19-34(43)35-24-36(38(4,5)6)41-42(35)7/h12-15,17-24,26-27H,8-11,16,25H2,1-7H3/q+2. The predicted octanol–water partition coefficient (Wildman–Crippen LogP) is 8.13. The van der Waals surface area contributed by atoms with Crippen LogP contribution in [0.5, 0.6) is 0 Å². The topological polar surface area (TPSA) is 38.5 Å². The molecule has 6 rings (SSSR count). The summed E-state index contributed by atoms with van der Waals surface area (Å²) in [7, 11) is 2.06. The molecule has 2 aromatic carbocycles. The Morgan fingerprint density at radius 1 is 0.909 bits per heavy atom. The summed E-state index contributed by atoms with van der Waals surface area (Å²) < 4.78 is 6.73. The van der Waals surface area contributed by atoms with Crippen molar-refractivity contribution in [2.75, 3.05) is 0 Å². The average molecular weight is 586 g/mol. The molecule has 0 amide bonds. The molecule has 1 aliphatic heterocycles. The number of unbranched alkanes of at least 4 members (excludes halogenated alkanes) is 1. The summed E-state index contributed by atoms with van der Waals surface area (Å²) in [5.74, 6) is 0. The number of fused-ring (bicyclic) bond motifs is 5. The summed E-state index contributed by atoms with van der Waals surface area (Å²) in [5, 5.41) is 6.11. The van der Waals surface area contributed by atoms with Gasteiger partial charge in [0, 0.05) is 41.1 Å². The Morgan fingerprint density at radius 3 is 2.41 bits per heavy atom. The minimum absolute atomic E-state index is 0.0182. The van der Waals surface area contributed by atoms with Crippen molar-refractivity contribution >= 4 is 17.1 Å². The monoisotopic (exact) mass is 585 g/mol. The number of allylic oxidation sites excluding steroid dienone is 1. The second-order valence-electron chi connectivity index (χ2n) is 13.4. The molecule has 0 unspecified atom stereocenters. The van der Waals surface area contributed by atoms with Gasteiger partial charge in [-0.2, -0.15) is 9.67 Å². The van der Waals surface area contributed by atoms with E-state index in [2.05, 4.69) is 137 Å². The van der Waals surface area contributed by atoms with Crippen LogP contribution in [-0.2, 0) is 30.8 Å². The summed E-state index contributed by atoms with van der Waals surface area (Å²) in [6.45, 7) is 14.4. The van der Waals surface area contributed by atoms with Gasteiger partial charge in [0.2, 0.25) is 5.69 Å². The normalized spacial score (nSPS) is 14.2. The van der Waals surface area contributed by atoms with Crippen LogP contribution in [0.4, 0.5) is 0 Å². The zero-order valence-corrected chi connectivity index (χ0v) is 27.6. The Bertz CT molecular complexity index is 1850. The van der Waals surface area contributed by atoms with Gasteiger partial charge in [-0.05, 0) is 66.1 Å². The molecule has 0 N–H and O–H groups in total. The second-order valence-corrected chi connectivity index (χ2v) is 13.4. The van der Waals surface area contributed by atoms with Crippen LogP contribution >= 0.6 is 0 Å². The van der Waals surface area contributed by atoms with Crippen molar-refractivity contribution in [3.05, 3.63) is 102 Å². The number of hydrogen-bond acceptors (Lipinski definition) is 2. The van der Waals surface area contributed by atoms with E-state index in [4.69, 9.17) is 10.1 Å². The fourth-order valence-corrected chi connectivity index (χ4v) is 7.08. The Morgan fingerprint density at radius 2 is 1.68 bits per heavy atom. The number of rotatable bonds is 8. The maximum absolute atomic E-state index is 5.02. The Balaban J connectivity index is 1.55. The number of benzene rings is 2. The highest BCUT2D eigenvalue weighted by Crippen LogP contribution is 2.46. The molecule has 0 fully saturated rings. The lowest BCUT2D eigenvalue weighted by Crippen LogP contribution is -2.43. The first-order valence-corrected chi connectivity index (χ1v) is 16.4. The lowest BCUT2D eigenvalue weighted by molar-refractivity contribution is -0.680. The number of aromatic nitrogens is 5. The van der Waals surface area contributed by atoms with Crippen LogP contribution in [0.3, 0.4) is 0 Å². The van der Waals surface area contributed by atoms with Crippen LogP contribution in [0.15, 0.2) is 84.8 Å². The van der Waals surface area contributed by atoms with Gasteiger partial charge in [0.05, 0.1) is 11.1 Å². The summed E-state index contributed by atoms with van der Waals surface area (Å²) in [6, 6.07) is 24.7. The lowest BCUT2D eigenvalue weighted by Gasteiger charge is -2.33. The van der Waals surface area contributed by atoms with E-state index in [0.717, 1.165) is 42.7 Å². The smallest absolute Gasteiger partial charge is 0.262 e. The predicted molar refractivity (Wildman–Crippen MR) is 180 cm³/mol. The molecule has 5 aromatic rings. The van der Waals surface area contributed by atoms with Gasteiger partial charge in [0.1, 0.15) is 11.9 Å². The third kappa shape index (κ3) is 5.16. The van der Waals surface area contributed by atoms with E-state index in [1.54, 1.807) is 0 Å². The fraction of sp³-hybridized carbons (Fsp3) is 0.385. The second kappa shape index (κ2) is 11.8. The number of nitrogens with zero attached hydrogens (tertiary/aromatic N) is 5. The van der Waals surface area contributed by atoms with Gasteiger partial charge in [-0.15, -0.1) is 0 Å². The molecule has 0 aliphatic carbocycles. The molecule has 5 nitrogen and oxygen atoms in total. The van der Waals surface area contributed by atoms with Gasteiger partial charge in [-0.25, -0.2) is 4.57 Å². The Labute approximate surface area is 262 Å². The van der Waals surface area contributed by atoms with E-state index in [1.165, 1.54) is 51.9 Å². The average Bonchev–Trinajstić information content (AvgIpc) is 3.38. The van der Waals surface area contributed by atoms with Crippen molar-refractivity contribution in [3.63, 3.8) is 0 Å². The molecular formula is C39H47N5+2. The molecule has 0 atom stereocenters. The first kappa shape index (κ1) is 29.9. The largest absolute Gasteiger partial charge is 0.292 e. The van der Waals surface area contributed by atoms with Crippen LogP contribution in [-0.4, -0.2) is 14.8 Å². The van der Waals surface area contributed by atoms with E-state index in [1.807, 2.05) is 11.0 Å². The SMILES string of the molecule is CCCCc1ccc2c3[n+](cnc2c1)C=C(C[n+]1ccccc1-c1cc(C(C)(C)C)nn1C)C(CC)(CC)c1ccccc1-3. The molecule has 4 heterocycles. The van der Waals surface area contributed by atoms with Crippen LogP contribution in [0.2, 0.25) is 0 Å². The van der Waals surface area contributed by atoms with Crippen LogP contribution in [0.25, 0.3) is 39.7 Å². The minimum Gasteiger partial charge on any atom is -0.262 e. The van der Waals surface area contributed by atoms with Crippen molar-refractivity contribution in [2.45, 2.75) is 91.0 Å². The van der Waals surface area contributed by atoms with Crippen LogP contribution in [0, 0.1) is 0 Å². The zero-order chi connectivity index (χ0) is 31.1. The zero-order valence-electron chi connectivity index (χ0n) is 27.6. The first-order chi connectivity index (χ1) is 21.2. The molecule has 0 spiro atoms. The van der Waals surface area contributed by atoms with E-state index in [-0.39, 0.29) is 10.8 Å². The Kier molecular flexibility index (Phi) is 8.00. The molecular weight excluding hydrogens is 538 g/mol. The number of pyridine rings is 1. The van der Waals surface area contributed by atoms with Crippen molar-refractivity contribution in [2.24, 2.45) is 7.05 Å². The summed E-state index contributed by atoms with van der Waals surface area (Å²) in [6.07, 6.45) is 12.1. The quantitative estimate of drug-likeness (QED) is 0.173. The highest BCUT2D eigenvalue weighted by Gasteiger charge is 2.41. The van der Waals surface area contributed by atoms with E-state index < -0.39 is 0 Å². The van der Waals surface area contributed by atoms with Crippen LogP contribution < -0.4 is 9.13 Å². The molecule has 3 aromatic heterocycles. The highest BCUT2D eigenvalue weighted by atomic mass is 15.3. The summed E-state index contributed by atoms with van der Waals surface area (Å²) in [4.78, 5) is 5.02. The maximum Gasteiger partial charge on any atom is 0.292 e. The third-order valence-electron chi connectivity index (χ3n) is 9.72. The van der Waals surface area contributed by atoms with Gasteiger partial charge in [-0.3, -0.25) is 4.68 Å². The van der Waals surface area contributed by atoms with E-state index in [0.29, 0.717) is 0 Å². The van der Waals surface area contributed by atoms with E-state index in [9.17, 15) is 0 Å². The lowest BCUT2D eigenvalue weighted by atomic mass is 9.68. The molecule has 0 radical (unpaired) electrons. The van der Waals surface area contributed by atoms with Crippen molar-refractivity contribution in [3.8, 4) is 22.6 Å².